The Morgan fingerprint density at radius 1 is 0.359 bits per heavy atom. The van der Waals surface area contributed by atoms with E-state index in [0.717, 1.165) is 131 Å². The van der Waals surface area contributed by atoms with Crippen LogP contribution in [0.5, 0.6) is 5.75 Å². The highest BCUT2D eigenvalue weighted by molar-refractivity contribution is 6.02. The molecule has 4 rings (SSSR count). The third kappa shape index (κ3) is 40.3. The standard InChI is InChI=1S/C78H113F5N6O28/c1-47(90)87-68-73(113-53(7)96)70(111-51(5)94)58(45-109-49(3)92)115-77(68)107-40-38-105-36-34-103-32-30-85-75(101)55-42-56(76(102)86-31-33-104-35-37-106-39-41-108-78-69(88-48(2)91)74(114-54(8)97)71(112-52(6)95)59(116-78)46-110-50(4)93)44-57(43-55)89-61(99)27-23-19-15-12-11-14-18-22-26-60(98)84-29-25-21-17-13-9-10-16-20-24-28-62(100)117-72-66(82)64(80)63(79)65(81)67(72)83/h42-44,58-59,68-71,73-74,77-78H,9-41,45-46H2,1-8H3,(H,84,98)(H,85,101)(H,86,102)(H,87,90)(H,88,91)(H,89,99)/t58-,59-,68-,69-,70+,71+,73-,74-,77?,78?/m1/s1. The van der Waals surface area contributed by atoms with Crippen molar-refractivity contribution in [3.05, 3.63) is 58.4 Å². The van der Waals surface area contributed by atoms with Gasteiger partial charge in [-0.1, -0.05) is 83.5 Å². The maximum atomic E-state index is 13.8. The van der Waals surface area contributed by atoms with Crippen molar-refractivity contribution in [1.82, 2.24) is 26.6 Å². The van der Waals surface area contributed by atoms with E-state index < -0.39 is 175 Å². The maximum Gasteiger partial charge on any atom is 0.311 e. The summed E-state index contributed by atoms with van der Waals surface area (Å²) in [6.45, 7) is 9.00. The summed E-state index contributed by atoms with van der Waals surface area (Å²) in [7, 11) is 0. The monoisotopic (exact) mass is 1680 g/mol. The Morgan fingerprint density at radius 2 is 0.701 bits per heavy atom. The van der Waals surface area contributed by atoms with Gasteiger partial charge in [-0.2, -0.15) is 8.78 Å². The molecule has 2 aliphatic heterocycles. The summed E-state index contributed by atoms with van der Waals surface area (Å²) in [6, 6.07) is 1.88. The van der Waals surface area contributed by atoms with Crippen LogP contribution in [0.2, 0.25) is 0 Å². The number of hydrogen-bond acceptors (Lipinski definition) is 28. The highest BCUT2D eigenvalue weighted by Gasteiger charge is 2.53. The van der Waals surface area contributed by atoms with Crippen molar-refractivity contribution in [2.24, 2.45) is 0 Å². The lowest BCUT2D eigenvalue weighted by Crippen LogP contribution is -2.66. The van der Waals surface area contributed by atoms with E-state index in [4.69, 9.17) is 66.3 Å². The molecule has 2 unspecified atom stereocenters. The van der Waals surface area contributed by atoms with E-state index in [1.165, 1.54) is 32.0 Å². The third-order valence-corrected chi connectivity index (χ3v) is 17.5. The fourth-order valence-corrected chi connectivity index (χ4v) is 12.2. The molecule has 0 aromatic heterocycles. The van der Waals surface area contributed by atoms with Gasteiger partial charge in [0.25, 0.3) is 11.8 Å². The van der Waals surface area contributed by atoms with Crippen LogP contribution >= 0.6 is 0 Å². The first-order chi connectivity index (χ1) is 55.9. The second-order valence-corrected chi connectivity index (χ2v) is 27.5. The van der Waals surface area contributed by atoms with Gasteiger partial charge in [0.15, 0.2) is 37.0 Å². The van der Waals surface area contributed by atoms with Gasteiger partial charge >= 0.3 is 41.8 Å². The lowest BCUT2D eigenvalue weighted by molar-refractivity contribution is -0.279. The van der Waals surface area contributed by atoms with Gasteiger partial charge in [-0.05, 0) is 43.9 Å². The zero-order valence-electron chi connectivity index (χ0n) is 67.6. The fourth-order valence-electron chi connectivity index (χ4n) is 12.2. The first-order valence-corrected chi connectivity index (χ1v) is 39.2. The second kappa shape index (κ2) is 56.3. The van der Waals surface area contributed by atoms with Crippen LogP contribution in [-0.2, 0) is 119 Å². The van der Waals surface area contributed by atoms with Crippen LogP contribution in [0.3, 0.4) is 0 Å². The molecular weight excluding hydrogens is 1560 g/mol. The third-order valence-electron chi connectivity index (χ3n) is 17.5. The number of benzene rings is 2. The SMILES string of the molecule is CC(=O)N[C@H]1C(OCCOCCOCCNC(=O)c2cc(NC(=O)CCCCCCCCCCC(=O)NCCCCCCCCCCCC(=O)Oc3c(F)c(F)c(F)c(F)c3F)cc(C(=O)NCCOCCOCCOC3O[C@H](COC(C)=O)[C@H](OC(C)=O)[C@H](OC(C)=O)[C@H]3NC(C)=O)c2)O[C@H](COC(C)=O)[C@H](OC(C)=O)[C@@H]1OC(C)=O. The number of halogens is 5. The number of esters is 7. The zero-order valence-corrected chi connectivity index (χ0v) is 67.6. The number of nitrogens with one attached hydrogen (secondary N) is 6. The summed E-state index contributed by atoms with van der Waals surface area (Å²) in [5.41, 5.74) is 0.280. The smallest absolute Gasteiger partial charge is 0.311 e. The molecule has 658 valence electrons. The quantitative estimate of drug-likeness (QED) is 0.00761. The minimum Gasteiger partial charge on any atom is -0.463 e. The first kappa shape index (κ1) is 100. The van der Waals surface area contributed by atoms with Gasteiger partial charge in [0.2, 0.25) is 58.5 Å². The Kier molecular flexibility index (Phi) is 48.2. The Morgan fingerprint density at radius 3 is 1.09 bits per heavy atom. The Hall–Kier alpha value is -9.12. The van der Waals surface area contributed by atoms with Crippen molar-refractivity contribution in [3.63, 3.8) is 0 Å². The Labute approximate surface area is 675 Å². The van der Waals surface area contributed by atoms with Crippen LogP contribution in [0.1, 0.15) is 205 Å². The predicted molar refractivity (Wildman–Crippen MR) is 400 cm³/mol. The number of unbranched alkanes of at least 4 members (excludes halogenated alkanes) is 15. The average molecular weight is 1680 g/mol. The molecule has 2 fully saturated rings. The van der Waals surface area contributed by atoms with Crippen LogP contribution in [0.25, 0.3) is 0 Å². The number of ether oxygens (including phenoxy) is 15. The van der Waals surface area contributed by atoms with Crippen LogP contribution < -0.4 is 36.6 Å². The van der Waals surface area contributed by atoms with Crippen molar-refractivity contribution in [2.75, 3.05) is 104 Å². The van der Waals surface area contributed by atoms with E-state index in [0.29, 0.717) is 32.2 Å². The van der Waals surface area contributed by atoms with Gasteiger partial charge in [0.1, 0.15) is 37.5 Å². The van der Waals surface area contributed by atoms with E-state index in [1.54, 1.807) is 0 Å². The van der Waals surface area contributed by atoms with Gasteiger partial charge in [-0.3, -0.25) is 62.3 Å². The lowest BCUT2D eigenvalue weighted by Gasteiger charge is -2.44. The molecule has 0 saturated carbocycles. The molecule has 2 heterocycles. The molecule has 2 aromatic carbocycles. The number of anilines is 1. The summed E-state index contributed by atoms with van der Waals surface area (Å²) < 4.78 is 150. The van der Waals surface area contributed by atoms with E-state index in [-0.39, 0.29) is 121 Å². The molecular formula is C78H113F5N6O28. The summed E-state index contributed by atoms with van der Waals surface area (Å²) >= 11 is 0. The highest BCUT2D eigenvalue weighted by atomic mass is 19.2. The van der Waals surface area contributed by atoms with Crippen molar-refractivity contribution < 1.29 is 155 Å². The van der Waals surface area contributed by atoms with Crippen molar-refractivity contribution in [3.8, 4) is 5.75 Å². The maximum absolute atomic E-state index is 13.8. The Bertz CT molecular complexity index is 3360. The van der Waals surface area contributed by atoms with Gasteiger partial charge in [-0.25, -0.2) is 13.2 Å². The Balaban J connectivity index is 1.19. The van der Waals surface area contributed by atoms with Gasteiger partial charge < -0.3 is 103 Å². The number of amides is 6. The molecule has 0 radical (unpaired) electrons. The van der Waals surface area contributed by atoms with E-state index in [9.17, 15) is 84.3 Å². The molecule has 6 amide bonds. The predicted octanol–water partition coefficient (Wildman–Crippen LogP) is 6.72. The van der Waals surface area contributed by atoms with Gasteiger partial charge in [0.05, 0.1) is 66.1 Å². The van der Waals surface area contributed by atoms with E-state index in [1.807, 2.05) is 0 Å². The van der Waals surface area contributed by atoms with Crippen molar-refractivity contribution in [1.29, 1.82) is 0 Å². The fraction of sp³-hybridized carbons (Fsp3) is 0.679. The molecule has 39 heteroatoms. The molecule has 6 N–H and O–H groups in total. The number of carbonyl (C=O) groups is 13. The second-order valence-electron chi connectivity index (χ2n) is 27.5. The van der Waals surface area contributed by atoms with E-state index in [2.05, 4.69) is 36.6 Å². The minimum atomic E-state index is -2.34. The lowest BCUT2D eigenvalue weighted by atomic mass is 9.96. The molecule has 2 aromatic rings. The van der Waals surface area contributed by atoms with Gasteiger partial charge in [0, 0.05) is 111 Å². The van der Waals surface area contributed by atoms with Crippen LogP contribution in [0.4, 0.5) is 27.6 Å². The zero-order chi connectivity index (χ0) is 86.2. The molecule has 2 saturated heterocycles. The number of hydrogen-bond donors (Lipinski definition) is 6. The molecule has 0 aliphatic carbocycles. The van der Waals surface area contributed by atoms with Crippen molar-refractivity contribution >= 4 is 82.9 Å². The molecule has 34 nitrogen and oxygen atoms in total. The molecule has 0 spiro atoms. The summed E-state index contributed by atoms with van der Waals surface area (Å²) in [5.74, 6) is -20.9. The first-order valence-electron chi connectivity index (χ1n) is 39.2. The largest absolute Gasteiger partial charge is 0.463 e. The topological polar surface area (TPSA) is 433 Å². The highest BCUT2D eigenvalue weighted by Crippen LogP contribution is 2.32. The number of carbonyl (C=O) groups excluding carboxylic acids is 13. The number of rotatable bonds is 57. The van der Waals surface area contributed by atoms with Crippen LogP contribution in [-0.4, -0.2) is 237 Å². The minimum absolute atomic E-state index is 0.00123. The average Bonchev–Trinajstić information content (AvgIpc) is 0.796. The van der Waals surface area contributed by atoms with Crippen LogP contribution in [0.15, 0.2) is 18.2 Å². The summed E-state index contributed by atoms with van der Waals surface area (Å²) in [6.07, 6.45) is 4.18. The summed E-state index contributed by atoms with van der Waals surface area (Å²) in [5, 5.41) is 16.5. The normalized spacial score (nSPS) is 18.9. The molecule has 10 atom stereocenters. The molecule has 117 heavy (non-hydrogen) atoms. The van der Waals surface area contributed by atoms with Crippen LogP contribution in [0, 0.1) is 29.1 Å². The van der Waals surface area contributed by atoms with Gasteiger partial charge in [-0.15, -0.1) is 0 Å². The van der Waals surface area contributed by atoms with E-state index >= 15 is 0 Å². The van der Waals surface area contributed by atoms with Crippen molar-refractivity contribution in [2.45, 2.75) is 245 Å². The molecule has 2 aliphatic rings. The summed E-state index contributed by atoms with van der Waals surface area (Å²) in [4.78, 5) is 162. The molecule has 0 bridgehead atoms.